The van der Waals surface area contributed by atoms with Crippen LogP contribution in [-0.4, -0.2) is 64.2 Å². The number of para-hydroxylation sites is 1. The fourth-order valence-electron chi connectivity index (χ4n) is 3.83. The van der Waals surface area contributed by atoms with Crippen molar-refractivity contribution in [1.82, 2.24) is 9.62 Å². The molecule has 4 rings (SSSR count). The van der Waals surface area contributed by atoms with Gasteiger partial charge in [0.15, 0.2) is 0 Å². The minimum atomic E-state index is -3.61. The van der Waals surface area contributed by atoms with Crippen LogP contribution in [0.1, 0.15) is 12.8 Å². The van der Waals surface area contributed by atoms with Crippen molar-refractivity contribution < 1.29 is 13.2 Å². The topological polar surface area (TPSA) is 81.8 Å². The third-order valence-electron chi connectivity index (χ3n) is 5.56. The summed E-state index contributed by atoms with van der Waals surface area (Å²) in [5.41, 5.74) is 1.83. The number of amides is 1. The number of anilines is 2. The lowest BCUT2D eigenvalue weighted by atomic mass is 10.2. The first-order chi connectivity index (χ1) is 15.0. The molecular formula is C22H28N4O3S2. The molecule has 0 aliphatic carbocycles. The Morgan fingerprint density at radius 2 is 1.81 bits per heavy atom. The summed E-state index contributed by atoms with van der Waals surface area (Å²) in [5, 5.41) is 2.80. The Balaban J connectivity index is 1.24. The van der Waals surface area contributed by atoms with Crippen LogP contribution in [0.3, 0.4) is 0 Å². The average molecular weight is 461 g/mol. The predicted octanol–water partition coefficient (Wildman–Crippen LogP) is 2.61. The van der Waals surface area contributed by atoms with Crippen molar-refractivity contribution in [3.8, 4) is 0 Å². The van der Waals surface area contributed by atoms with Crippen LogP contribution in [0.15, 0.2) is 58.3 Å². The van der Waals surface area contributed by atoms with E-state index in [1.54, 1.807) is 30.0 Å². The molecule has 0 saturated carbocycles. The SMILES string of the molecule is O=C1CCSc2ccc(S(=O)(=O)NCCCN3CCN(c4ccccc4)CC3)cc2N1. The number of carbonyl (C=O) groups excluding carboxylic acids is 1. The van der Waals surface area contributed by atoms with Crippen LogP contribution in [0.5, 0.6) is 0 Å². The third-order valence-corrected chi connectivity index (χ3v) is 8.09. The maximum atomic E-state index is 12.7. The van der Waals surface area contributed by atoms with Crippen LogP contribution in [0.4, 0.5) is 11.4 Å². The van der Waals surface area contributed by atoms with Gasteiger partial charge in [-0.3, -0.25) is 9.69 Å². The summed E-state index contributed by atoms with van der Waals surface area (Å²) in [6.07, 6.45) is 1.18. The highest BCUT2D eigenvalue weighted by Gasteiger charge is 2.20. The largest absolute Gasteiger partial charge is 0.369 e. The summed E-state index contributed by atoms with van der Waals surface area (Å²) in [4.78, 5) is 17.6. The Kier molecular flexibility index (Phi) is 7.16. The van der Waals surface area contributed by atoms with Crippen LogP contribution in [-0.2, 0) is 14.8 Å². The Morgan fingerprint density at radius 1 is 1.03 bits per heavy atom. The summed E-state index contributed by atoms with van der Waals surface area (Å²) >= 11 is 1.56. The van der Waals surface area contributed by atoms with Crippen molar-refractivity contribution in [3.63, 3.8) is 0 Å². The molecule has 1 fully saturated rings. The molecular weight excluding hydrogens is 432 g/mol. The first kappa shape index (κ1) is 22.1. The molecule has 0 bridgehead atoms. The number of rotatable bonds is 7. The fourth-order valence-corrected chi connectivity index (χ4v) is 5.86. The van der Waals surface area contributed by atoms with Gasteiger partial charge in [0.2, 0.25) is 15.9 Å². The predicted molar refractivity (Wildman–Crippen MR) is 125 cm³/mol. The van der Waals surface area contributed by atoms with Crippen molar-refractivity contribution >= 4 is 39.1 Å². The average Bonchev–Trinajstić information content (AvgIpc) is 2.97. The van der Waals surface area contributed by atoms with E-state index in [0.717, 1.165) is 44.0 Å². The molecule has 2 aromatic rings. The number of nitrogens with zero attached hydrogens (tertiary/aromatic N) is 2. The molecule has 2 aliphatic rings. The van der Waals surface area contributed by atoms with E-state index in [4.69, 9.17) is 0 Å². The highest BCUT2D eigenvalue weighted by molar-refractivity contribution is 7.99. The molecule has 2 heterocycles. The van der Waals surface area contributed by atoms with Gasteiger partial charge in [-0.25, -0.2) is 13.1 Å². The highest BCUT2D eigenvalue weighted by Crippen LogP contribution is 2.32. The van der Waals surface area contributed by atoms with Gasteiger partial charge in [0, 0.05) is 55.5 Å². The molecule has 0 unspecified atom stereocenters. The van der Waals surface area contributed by atoms with Crippen LogP contribution in [0, 0.1) is 0 Å². The van der Waals surface area contributed by atoms with Gasteiger partial charge in [-0.1, -0.05) is 18.2 Å². The lowest BCUT2D eigenvalue weighted by Crippen LogP contribution is -2.47. The Labute approximate surface area is 188 Å². The summed E-state index contributed by atoms with van der Waals surface area (Å²) in [7, 11) is -3.61. The summed E-state index contributed by atoms with van der Waals surface area (Å²) in [6, 6.07) is 15.3. The van der Waals surface area contributed by atoms with Crippen LogP contribution in [0.2, 0.25) is 0 Å². The van der Waals surface area contributed by atoms with E-state index < -0.39 is 10.0 Å². The molecule has 2 aromatic carbocycles. The number of benzene rings is 2. The molecule has 1 amide bonds. The standard InChI is InChI=1S/C22H28N4O3S2/c27-22-9-16-30-21-8-7-19(17-20(21)24-22)31(28,29)23-10-4-11-25-12-14-26(15-13-25)18-5-2-1-3-6-18/h1-3,5-8,17,23H,4,9-16H2,(H,24,27). The molecule has 166 valence electrons. The van der Waals surface area contributed by atoms with E-state index in [9.17, 15) is 13.2 Å². The Bertz CT molecular complexity index is 1010. The van der Waals surface area contributed by atoms with Crippen LogP contribution in [0.25, 0.3) is 0 Å². The molecule has 9 heteroatoms. The van der Waals surface area contributed by atoms with E-state index in [1.807, 2.05) is 6.07 Å². The molecule has 2 N–H and O–H groups in total. The third kappa shape index (κ3) is 5.79. The quantitative estimate of drug-likeness (QED) is 0.618. The zero-order valence-electron chi connectivity index (χ0n) is 17.4. The molecule has 0 aromatic heterocycles. The molecule has 7 nitrogen and oxygen atoms in total. The van der Waals surface area contributed by atoms with Crippen molar-refractivity contribution in [1.29, 1.82) is 0 Å². The number of thioether (sulfide) groups is 1. The zero-order valence-corrected chi connectivity index (χ0v) is 19.1. The van der Waals surface area contributed by atoms with Gasteiger partial charge in [0.05, 0.1) is 10.6 Å². The lowest BCUT2D eigenvalue weighted by Gasteiger charge is -2.36. The first-order valence-electron chi connectivity index (χ1n) is 10.6. The molecule has 1 saturated heterocycles. The van der Waals surface area contributed by atoms with E-state index in [2.05, 4.69) is 44.1 Å². The van der Waals surface area contributed by atoms with Crippen LogP contribution >= 0.6 is 11.8 Å². The monoisotopic (exact) mass is 460 g/mol. The van der Waals surface area contributed by atoms with Gasteiger partial charge < -0.3 is 10.2 Å². The number of hydrogen-bond acceptors (Lipinski definition) is 6. The number of piperazine rings is 1. The van der Waals surface area contributed by atoms with Gasteiger partial charge in [-0.2, -0.15) is 0 Å². The highest BCUT2D eigenvalue weighted by atomic mass is 32.2. The zero-order chi connectivity index (χ0) is 21.7. The number of nitrogens with one attached hydrogen (secondary N) is 2. The second-order valence-corrected chi connectivity index (χ2v) is 10.6. The molecule has 0 spiro atoms. The van der Waals surface area contributed by atoms with E-state index in [-0.39, 0.29) is 10.8 Å². The molecule has 0 radical (unpaired) electrons. The van der Waals surface area contributed by atoms with Gasteiger partial charge in [0.1, 0.15) is 0 Å². The van der Waals surface area contributed by atoms with Crippen molar-refractivity contribution in [2.75, 3.05) is 55.2 Å². The van der Waals surface area contributed by atoms with Crippen LogP contribution < -0.4 is 14.9 Å². The van der Waals surface area contributed by atoms with Crippen molar-refractivity contribution in [3.05, 3.63) is 48.5 Å². The van der Waals surface area contributed by atoms with Gasteiger partial charge in [-0.05, 0) is 43.3 Å². The maximum Gasteiger partial charge on any atom is 0.240 e. The number of carbonyl (C=O) groups is 1. The smallest absolute Gasteiger partial charge is 0.240 e. The second kappa shape index (κ2) is 10.0. The fraction of sp³-hybridized carbons (Fsp3) is 0.409. The number of sulfonamides is 1. The van der Waals surface area contributed by atoms with Gasteiger partial charge >= 0.3 is 0 Å². The Morgan fingerprint density at radius 3 is 2.58 bits per heavy atom. The van der Waals surface area contributed by atoms with Crippen molar-refractivity contribution in [2.24, 2.45) is 0 Å². The minimum absolute atomic E-state index is 0.0823. The maximum absolute atomic E-state index is 12.7. The van der Waals surface area contributed by atoms with Crippen molar-refractivity contribution in [2.45, 2.75) is 22.6 Å². The first-order valence-corrected chi connectivity index (χ1v) is 13.1. The molecule has 0 atom stereocenters. The lowest BCUT2D eigenvalue weighted by molar-refractivity contribution is -0.115. The Hall–Kier alpha value is -2.07. The number of fused-ring (bicyclic) bond motifs is 1. The second-order valence-electron chi connectivity index (χ2n) is 7.72. The minimum Gasteiger partial charge on any atom is -0.369 e. The molecule has 2 aliphatic heterocycles. The summed E-state index contributed by atoms with van der Waals surface area (Å²) in [6.45, 7) is 5.17. The summed E-state index contributed by atoms with van der Waals surface area (Å²) < 4.78 is 28.1. The summed E-state index contributed by atoms with van der Waals surface area (Å²) in [5.74, 6) is 0.615. The normalized spacial score (nSPS) is 17.7. The number of hydrogen-bond donors (Lipinski definition) is 2. The van der Waals surface area contributed by atoms with Gasteiger partial charge in [0.25, 0.3) is 0 Å². The molecule has 31 heavy (non-hydrogen) atoms. The van der Waals surface area contributed by atoms with E-state index in [1.165, 1.54) is 5.69 Å². The van der Waals surface area contributed by atoms with Gasteiger partial charge in [-0.15, -0.1) is 11.8 Å². The van der Waals surface area contributed by atoms with E-state index in [0.29, 0.717) is 24.4 Å². The van der Waals surface area contributed by atoms with E-state index >= 15 is 0 Å².